The lowest BCUT2D eigenvalue weighted by atomic mass is 10.0. The molecule has 2 aromatic rings. The second kappa shape index (κ2) is 12.3. The lowest BCUT2D eigenvalue weighted by molar-refractivity contribution is 0.0170. The number of halogens is 1. The number of nitrogens with one attached hydrogen (secondary N) is 2. The first-order valence-corrected chi connectivity index (χ1v) is 10.9. The van der Waals surface area contributed by atoms with Crippen LogP contribution in [0.3, 0.4) is 0 Å². The van der Waals surface area contributed by atoms with Gasteiger partial charge in [-0.05, 0) is 47.9 Å². The molecule has 0 aromatic heterocycles. The molecule has 32 heavy (non-hydrogen) atoms. The molecule has 0 radical (unpaired) electrons. The van der Waals surface area contributed by atoms with E-state index < -0.39 is 0 Å². The van der Waals surface area contributed by atoms with E-state index in [0.29, 0.717) is 32.3 Å². The summed E-state index contributed by atoms with van der Waals surface area (Å²) in [4.78, 5) is 6.71. The zero-order valence-electron chi connectivity index (χ0n) is 19.1. The summed E-state index contributed by atoms with van der Waals surface area (Å²) in [5.41, 5.74) is 2.13. The van der Waals surface area contributed by atoms with Crippen LogP contribution in [0.4, 0.5) is 4.39 Å². The molecule has 0 aliphatic carbocycles. The molecule has 174 valence electrons. The van der Waals surface area contributed by atoms with Crippen LogP contribution in [0.5, 0.6) is 11.5 Å². The van der Waals surface area contributed by atoms with Crippen LogP contribution in [-0.2, 0) is 11.2 Å². The quantitative estimate of drug-likeness (QED) is 0.458. The van der Waals surface area contributed by atoms with Crippen molar-refractivity contribution in [2.24, 2.45) is 4.99 Å². The monoisotopic (exact) mass is 444 g/mol. The number of aliphatic imine (C=N–C) groups is 1. The zero-order chi connectivity index (χ0) is 22.8. The number of hydrogen-bond acceptors (Lipinski definition) is 5. The Bertz CT molecular complexity index is 870. The van der Waals surface area contributed by atoms with Crippen LogP contribution >= 0.6 is 0 Å². The smallest absolute Gasteiger partial charge is 0.191 e. The molecule has 1 saturated heterocycles. The molecule has 1 fully saturated rings. The van der Waals surface area contributed by atoms with Gasteiger partial charge in [-0.25, -0.2) is 4.39 Å². The van der Waals surface area contributed by atoms with Crippen molar-refractivity contribution in [2.75, 3.05) is 60.7 Å². The number of morpholine rings is 1. The van der Waals surface area contributed by atoms with Gasteiger partial charge in [0.05, 0.1) is 33.5 Å². The Hall–Kier alpha value is -2.84. The highest BCUT2D eigenvalue weighted by Crippen LogP contribution is 2.24. The lowest BCUT2D eigenvalue weighted by Crippen LogP contribution is -2.46. The van der Waals surface area contributed by atoms with Gasteiger partial charge in [-0.2, -0.15) is 0 Å². The number of guanidine groups is 1. The lowest BCUT2D eigenvalue weighted by Gasteiger charge is -2.35. The molecule has 7 nitrogen and oxygen atoms in total. The summed E-state index contributed by atoms with van der Waals surface area (Å²) in [6, 6.07) is 12.6. The third-order valence-electron chi connectivity index (χ3n) is 5.60. The molecule has 1 unspecified atom stereocenters. The predicted octanol–water partition coefficient (Wildman–Crippen LogP) is 2.62. The topological polar surface area (TPSA) is 67.4 Å². The van der Waals surface area contributed by atoms with Gasteiger partial charge < -0.3 is 24.8 Å². The van der Waals surface area contributed by atoms with E-state index in [-0.39, 0.29) is 11.9 Å². The Kier molecular flexibility index (Phi) is 9.13. The maximum Gasteiger partial charge on any atom is 0.191 e. The van der Waals surface area contributed by atoms with Crippen LogP contribution < -0.4 is 20.1 Å². The van der Waals surface area contributed by atoms with Crippen molar-refractivity contribution in [3.63, 3.8) is 0 Å². The van der Waals surface area contributed by atoms with E-state index in [1.54, 1.807) is 21.3 Å². The van der Waals surface area contributed by atoms with Crippen LogP contribution in [0.15, 0.2) is 47.5 Å². The summed E-state index contributed by atoms with van der Waals surface area (Å²) in [5, 5.41) is 6.79. The summed E-state index contributed by atoms with van der Waals surface area (Å²) in [5.74, 6) is 2.12. The highest BCUT2D eigenvalue weighted by atomic mass is 19.1. The maximum absolute atomic E-state index is 13.4. The first-order chi connectivity index (χ1) is 15.6. The van der Waals surface area contributed by atoms with E-state index in [4.69, 9.17) is 14.2 Å². The van der Waals surface area contributed by atoms with Gasteiger partial charge in [-0.3, -0.25) is 9.89 Å². The SMILES string of the molecule is CN=C(NCCc1cc(OC)ccc1OC)NCC(c1ccc(F)cc1)N1CCOCC1. The van der Waals surface area contributed by atoms with Gasteiger partial charge in [0.1, 0.15) is 17.3 Å². The Balaban J connectivity index is 1.59. The van der Waals surface area contributed by atoms with Crippen molar-refractivity contribution in [3.8, 4) is 11.5 Å². The highest BCUT2D eigenvalue weighted by Gasteiger charge is 2.23. The van der Waals surface area contributed by atoms with Crippen molar-refractivity contribution in [3.05, 3.63) is 59.4 Å². The Labute approximate surface area is 189 Å². The van der Waals surface area contributed by atoms with Gasteiger partial charge >= 0.3 is 0 Å². The fourth-order valence-electron chi connectivity index (χ4n) is 3.84. The Morgan fingerprint density at radius 3 is 2.50 bits per heavy atom. The fraction of sp³-hybridized carbons (Fsp3) is 0.458. The normalized spacial score (nSPS) is 15.8. The molecular formula is C24H33FN4O3. The molecule has 0 spiro atoms. The molecule has 0 saturated carbocycles. The van der Waals surface area contributed by atoms with Crippen LogP contribution in [0.1, 0.15) is 17.2 Å². The first-order valence-electron chi connectivity index (χ1n) is 10.9. The first kappa shape index (κ1) is 23.8. The van der Waals surface area contributed by atoms with E-state index >= 15 is 0 Å². The Morgan fingerprint density at radius 1 is 1.09 bits per heavy atom. The molecule has 1 aliphatic heterocycles. The van der Waals surface area contributed by atoms with E-state index in [0.717, 1.165) is 42.1 Å². The third kappa shape index (κ3) is 6.58. The van der Waals surface area contributed by atoms with Crippen LogP contribution in [0.2, 0.25) is 0 Å². The van der Waals surface area contributed by atoms with E-state index in [9.17, 15) is 4.39 Å². The second-order valence-electron chi connectivity index (χ2n) is 7.52. The molecule has 2 aromatic carbocycles. The number of hydrogen-bond donors (Lipinski definition) is 2. The highest BCUT2D eigenvalue weighted by molar-refractivity contribution is 5.79. The predicted molar refractivity (Wildman–Crippen MR) is 124 cm³/mol. The van der Waals surface area contributed by atoms with Gasteiger partial charge in [0.25, 0.3) is 0 Å². The van der Waals surface area contributed by atoms with Crippen LogP contribution in [-0.4, -0.2) is 71.5 Å². The molecule has 2 N–H and O–H groups in total. The van der Waals surface area contributed by atoms with Crippen LogP contribution in [0, 0.1) is 5.82 Å². The van der Waals surface area contributed by atoms with Crippen molar-refractivity contribution in [1.29, 1.82) is 0 Å². The molecule has 8 heteroatoms. The average molecular weight is 445 g/mol. The standard InChI is InChI=1S/C24H33FN4O3/c1-26-24(27-11-10-19-16-21(30-2)8-9-23(19)31-3)28-17-22(29-12-14-32-15-13-29)18-4-6-20(25)7-5-18/h4-9,16,22H,10-15,17H2,1-3H3,(H2,26,27,28). The van der Waals surface area contributed by atoms with Gasteiger partial charge in [0.15, 0.2) is 5.96 Å². The molecule has 1 aliphatic rings. The summed E-state index contributed by atoms with van der Waals surface area (Å²) >= 11 is 0. The van der Waals surface area contributed by atoms with Gasteiger partial charge in [-0.1, -0.05) is 12.1 Å². The van der Waals surface area contributed by atoms with Crippen molar-refractivity contribution >= 4 is 5.96 Å². The minimum atomic E-state index is -0.229. The molecular weight excluding hydrogens is 411 g/mol. The minimum Gasteiger partial charge on any atom is -0.497 e. The van der Waals surface area contributed by atoms with Crippen molar-refractivity contribution < 1.29 is 18.6 Å². The van der Waals surface area contributed by atoms with Gasteiger partial charge in [0.2, 0.25) is 0 Å². The second-order valence-corrected chi connectivity index (χ2v) is 7.52. The minimum absolute atomic E-state index is 0.0940. The van der Waals surface area contributed by atoms with Gasteiger partial charge in [0, 0.05) is 33.2 Å². The fourth-order valence-corrected chi connectivity index (χ4v) is 3.84. The van der Waals surface area contributed by atoms with E-state index in [1.165, 1.54) is 12.1 Å². The Morgan fingerprint density at radius 2 is 1.84 bits per heavy atom. The molecule has 0 bridgehead atoms. The van der Waals surface area contributed by atoms with Crippen molar-refractivity contribution in [2.45, 2.75) is 12.5 Å². The van der Waals surface area contributed by atoms with E-state index in [1.807, 2.05) is 30.3 Å². The number of ether oxygens (including phenoxy) is 3. The molecule has 0 amide bonds. The number of nitrogens with zero attached hydrogens (tertiary/aromatic N) is 2. The number of rotatable bonds is 9. The van der Waals surface area contributed by atoms with Gasteiger partial charge in [-0.15, -0.1) is 0 Å². The molecule has 1 heterocycles. The van der Waals surface area contributed by atoms with Crippen LogP contribution in [0.25, 0.3) is 0 Å². The summed E-state index contributed by atoms with van der Waals surface area (Å²) in [6.45, 7) is 4.41. The number of benzene rings is 2. The summed E-state index contributed by atoms with van der Waals surface area (Å²) in [6.07, 6.45) is 0.756. The van der Waals surface area contributed by atoms with E-state index in [2.05, 4.69) is 20.5 Å². The molecule has 3 rings (SSSR count). The third-order valence-corrected chi connectivity index (χ3v) is 5.60. The maximum atomic E-state index is 13.4. The summed E-state index contributed by atoms with van der Waals surface area (Å²) < 4.78 is 29.7. The molecule has 1 atom stereocenters. The average Bonchev–Trinajstić information content (AvgIpc) is 2.84. The van der Waals surface area contributed by atoms with Crippen molar-refractivity contribution in [1.82, 2.24) is 15.5 Å². The summed E-state index contributed by atoms with van der Waals surface area (Å²) in [7, 11) is 5.07. The number of methoxy groups -OCH3 is 2. The largest absolute Gasteiger partial charge is 0.497 e. The zero-order valence-corrected chi connectivity index (χ0v) is 19.1.